The lowest BCUT2D eigenvalue weighted by molar-refractivity contribution is -0.119. The van der Waals surface area contributed by atoms with Gasteiger partial charge in [0.25, 0.3) is 0 Å². The van der Waals surface area contributed by atoms with Crippen molar-refractivity contribution in [3.8, 4) is 6.07 Å². The fourth-order valence-electron chi connectivity index (χ4n) is 1.09. The van der Waals surface area contributed by atoms with Crippen LogP contribution in [0.15, 0.2) is 12.1 Å². The summed E-state index contributed by atoms with van der Waals surface area (Å²) in [6.07, 6.45) is 0. The third-order valence-corrected chi connectivity index (χ3v) is 3.05. The number of thiophene rings is 1. The van der Waals surface area contributed by atoms with Gasteiger partial charge in [-0.25, -0.2) is 0 Å². The van der Waals surface area contributed by atoms with Crippen LogP contribution in [-0.2, 0) is 4.79 Å². The average molecular weight is 243 g/mol. The molecule has 0 saturated heterocycles. The summed E-state index contributed by atoms with van der Waals surface area (Å²) in [6.45, 7) is 3.68. The van der Waals surface area contributed by atoms with Crippen LogP contribution in [0, 0.1) is 23.2 Å². The largest absolute Gasteiger partial charge is 0.317 e. The molecule has 15 heavy (non-hydrogen) atoms. The van der Waals surface area contributed by atoms with Crippen molar-refractivity contribution in [2.45, 2.75) is 13.8 Å². The third-order valence-electron chi connectivity index (χ3n) is 1.91. The summed E-state index contributed by atoms with van der Waals surface area (Å²) in [5, 5.41) is 12.2. The van der Waals surface area contributed by atoms with Crippen molar-refractivity contribution in [1.82, 2.24) is 0 Å². The van der Waals surface area contributed by atoms with Gasteiger partial charge in [0.15, 0.2) is 0 Å². The molecule has 1 amide bonds. The van der Waals surface area contributed by atoms with Gasteiger partial charge < -0.3 is 5.32 Å². The van der Waals surface area contributed by atoms with E-state index in [1.54, 1.807) is 12.1 Å². The second-order valence-corrected chi connectivity index (χ2v) is 5.16. The van der Waals surface area contributed by atoms with E-state index >= 15 is 0 Å². The van der Waals surface area contributed by atoms with Crippen LogP contribution in [0.3, 0.4) is 0 Å². The number of rotatable bonds is 3. The molecule has 80 valence electrons. The zero-order valence-corrected chi connectivity index (χ0v) is 10.0. The molecule has 0 fully saturated rings. The molecule has 1 aromatic heterocycles. The Bertz CT molecular complexity index is 394. The van der Waals surface area contributed by atoms with E-state index in [9.17, 15) is 4.79 Å². The first-order valence-corrected chi connectivity index (χ1v) is 5.70. The first-order chi connectivity index (χ1) is 7.04. The maximum atomic E-state index is 11.6. The van der Waals surface area contributed by atoms with E-state index in [4.69, 9.17) is 16.9 Å². The van der Waals surface area contributed by atoms with Gasteiger partial charge in [0, 0.05) is 0 Å². The number of nitrogens with one attached hydrogen (secondary N) is 1. The normalized spacial score (nSPS) is 12.2. The predicted molar refractivity (Wildman–Crippen MR) is 61.9 cm³/mol. The maximum Gasteiger partial charge on any atom is 0.242 e. The molecule has 0 spiro atoms. The Balaban J connectivity index is 2.67. The Morgan fingerprint density at radius 3 is 2.67 bits per heavy atom. The van der Waals surface area contributed by atoms with Crippen molar-refractivity contribution < 1.29 is 4.79 Å². The quantitative estimate of drug-likeness (QED) is 0.885. The summed E-state index contributed by atoms with van der Waals surface area (Å²) in [5.41, 5.74) is 0. The Hall–Kier alpha value is -1.05. The second-order valence-electron chi connectivity index (χ2n) is 3.44. The summed E-state index contributed by atoms with van der Waals surface area (Å²) in [4.78, 5) is 11.6. The highest BCUT2D eigenvalue weighted by Crippen LogP contribution is 2.26. The van der Waals surface area contributed by atoms with Crippen LogP contribution in [0.2, 0.25) is 4.34 Å². The summed E-state index contributed by atoms with van der Waals surface area (Å²) in [5.74, 6) is -0.887. The Morgan fingerprint density at radius 1 is 1.60 bits per heavy atom. The highest BCUT2D eigenvalue weighted by atomic mass is 35.5. The van der Waals surface area contributed by atoms with Crippen molar-refractivity contribution in [3.63, 3.8) is 0 Å². The van der Waals surface area contributed by atoms with Gasteiger partial charge in [-0.1, -0.05) is 25.4 Å². The molecule has 1 rings (SSSR count). The number of carbonyl (C=O) groups excluding carboxylic acids is 1. The first kappa shape index (κ1) is 12.0. The molecule has 3 nitrogen and oxygen atoms in total. The van der Waals surface area contributed by atoms with Gasteiger partial charge in [-0.3, -0.25) is 4.79 Å². The summed E-state index contributed by atoms with van der Waals surface area (Å²) < 4.78 is 0.614. The van der Waals surface area contributed by atoms with Gasteiger partial charge in [-0.2, -0.15) is 5.26 Å². The van der Waals surface area contributed by atoms with Gasteiger partial charge in [-0.15, -0.1) is 11.3 Å². The van der Waals surface area contributed by atoms with E-state index in [1.807, 2.05) is 19.9 Å². The molecular weight excluding hydrogens is 232 g/mol. The third kappa shape index (κ3) is 3.22. The zero-order chi connectivity index (χ0) is 11.4. The number of nitrogens with zero attached hydrogens (tertiary/aromatic N) is 1. The van der Waals surface area contributed by atoms with E-state index in [2.05, 4.69) is 5.32 Å². The topological polar surface area (TPSA) is 52.9 Å². The molecule has 1 N–H and O–H groups in total. The van der Waals surface area contributed by atoms with Crippen LogP contribution in [-0.4, -0.2) is 5.91 Å². The number of amides is 1. The molecule has 1 aromatic rings. The van der Waals surface area contributed by atoms with Crippen molar-refractivity contribution in [2.75, 3.05) is 5.32 Å². The number of hydrogen-bond donors (Lipinski definition) is 1. The van der Waals surface area contributed by atoms with Crippen LogP contribution >= 0.6 is 22.9 Å². The van der Waals surface area contributed by atoms with Crippen LogP contribution in [0.5, 0.6) is 0 Å². The molecular formula is C10H11ClN2OS. The molecule has 0 aliphatic heterocycles. The van der Waals surface area contributed by atoms with Crippen molar-refractivity contribution in [2.24, 2.45) is 11.8 Å². The number of carbonyl (C=O) groups is 1. The molecule has 0 aliphatic rings. The molecule has 1 unspecified atom stereocenters. The fourth-order valence-corrected chi connectivity index (χ4v) is 2.04. The molecule has 1 atom stereocenters. The average Bonchev–Trinajstić information content (AvgIpc) is 2.51. The summed E-state index contributed by atoms with van der Waals surface area (Å²) in [7, 11) is 0. The maximum absolute atomic E-state index is 11.6. The Kier molecular flexibility index (Phi) is 4.13. The molecule has 0 saturated carbocycles. The SMILES string of the molecule is CC(C)C(C#N)C(=O)Nc1ccc(Cl)s1. The Morgan fingerprint density at radius 2 is 2.27 bits per heavy atom. The van der Waals surface area contributed by atoms with E-state index in [0.717, 1.165) is 0 Å². The van der Waals surface area contributed by atoms with Gasteiger partial charge in [0.05, 0.1) is 15.4 Å². The molecule has 0 aromatic carbocycles. The molecule has 0 aliphatic carbocycles. The number of hydrogen-bond acceptors (Lipinski definition) is 3. The minimum Gasteiger partial charge on any atom is -0.317 e. The zero-order valence-electron chi connectivity index (χ0n) is 8.45. The van der Waals surface area contributed by atoms with E-state index in [0.29, 0.717) is 9.34 Å². The number of nitriles is 1. The number of anilines is 1. The van der Waals surface area contributed by atoms with Crippen LogP contribution in [0.1, 0.15) is 13.8 Å². The minimum absolute atomic E-state index is 0.00503. The van der Waals surface area contributed by atoms with Gasteiger partial charge in [0.1, 0.15) is 5.92 Å². The molecule has 1 heterocycles. The summed E-state index contributed by atoms with van der Waals surface area (Å²) in [6, 6.07) is 5.42. The lowest BCUT2D eigenvalue weighted by Gasteiger charge is -2.11. The van der Waals surface area contributed by atoms with Crippen LogP contribution < -0.4 is 5.32 Å². The highest BCUT2D eigenvalue weighted by molar-refractivity contribution is 7.20. The second kappa shape index (κ2) is 5.15. The standard InChI is InChI=1S/C10H11ClN2OS/c1-6(2)7(5-12)10(14)13-9-4-3-8(11)15-9/h3-4,6-7H,1-2H3,(H,13,14). The van der Waals surface area contributed by atoms with Crippen molar-refractivity contribution in [3.05, 3.63) is 16.5 Å². The van der Waals surface area contributed by atoms with E-state index < -0.39 is 5.92 Å². The molecule has 5 heteroatoms. The monoisotopic (exact) mass is 242 g/mol. The lowest BCUT2D eigenvalue weighted by atomic mass is 9.97. The van der Waals surface area contributed by atoms with Crippen LogP contribution in [0.25, 0.3) is 0 Å². The first-order valence-electron chi connectivity index (χ1n) is 4.50. The molecule has 0 radical (unpaired) electrons. The van der Waals surface area contributed by atoms with E-state index in [-0.39, 0.29) is 11.8 Å². The van der Waals surface area contributed by atoms with Crippen LogP contribution in [0.4, 0.5) is 5.00 Å². The highest BCUT2D eigenvalue weighted by Gasteiger charge is 2.21. The smallest absolute Gasteiger partial charge is 0.242 e. The van der Waals surface area contributed by atoms with Crippen molar-refractivity contribution in [1.29, 1.82) is 5.26 Å². The van der Waals surface area contributed by atoms with Gasteiger partial charge in [0.2, 0.25) is 5.91 Å². The minimum atomic E-state index is -0.620. The molecule has 0 bridgehead atoms. The van der Waals surface area contributed by atoms with Crippen molar-refractivity contribution >= 4 is 33.8 Å². The van der Waals surface area contributed by atoms with Gasteiger partial charge >= 0.3 is 0 Å². The fraction of sp³-hybridized carbons (Fsp3) is 0.400. The summed E-state index contributed by atoms with van der Waals surface area (Å²) >= 11 is 7.00. The number of halogens is 1. The predicted octanol–water partition coefficient (Wildman–Crippen LogP) is 3.14. The van der Waals surface area contributed by atoms with E-state index in [1.165, 1.54) is 11.3 Å². The van der Waals surface area contributed by atoms with Gasteiger partial charge in [-0.05, 0) is 18.1 Å². The Labute approximate surface area is 97.7 Å². The lowest BCUT2D eigenvalue weighted by Crippen LogP contribution is -2.25.